The van der Waals surface area contributed by atoms with Gasteiger partial charge in [0.05, 0.1) is 23.8 Å². The molecule has 0 aliphatic carbocycles. The van der Waals surface area contributed by atoms with Gasteiger partial charge in [0.15, 0.2) is 0 Å². The maximum absolute atomic E-state index is 13.5. The molecule has 19 heavy (non-hydrogen) atoms. The van der Waals surface area contributed by atoms with E-state index in [1.165, 1.54) is 11.0 Å². The first-order chi connectivity index (χ1) is 8.97. The number of nitrogens with zero attached hydrogens (tertiary/aromatic N) is 1. The summed E-state index contributed by atoms with van der Waals surface area (Å²) in [6.07, 6.45) is -0.744. The average Bonchev–Trinajstić information content (AvgIpc) is 2.72. The van der Waals surface area contributed by atoms with Gasteiger partial charge in [-0.25, -0.2) is 9.18 Å². The molecule has 1 N–H and O–H groups in total. The first kappa shape index (κ1) is 13.7. The number of amides is 1. The summed E-state index contributed by atoms with van der Waals surface area (Å²) in [4.78, 5) is 13.8. The van der Waals surface area contributed by atoms with Crippen molar-refractivity contribution >= 4 is 29.0 Å². The van der Waals surface area contributed by atoms with Crippen molar-refractivity contribution in [3.63, 3.8) is 0 Å². The van der Waals surface area contributed by atoms with Crippen LogP contribution in [0, 0.1) is 12.7 Å². The molecule has 6 heteroatoms. The van der Waals surface area contributed by atoms with Gasteiger partial charge in [0.1, 0.15) is 11.9 Å². The molecule has 1 aliphatic heterocycles. The molecule has 0 radical (unpaired) electrons. The number of thiocarbonyl (C=S) groups is 1. The predicted octanol–water partition coefficient (Wildman–Crippen LogP) is 2.40. The molecular formula is C13H15FN2O2S. The molecule has 1 unspecified atom stereocenters. The fourth-order valence-corrected chi connectivity index (χ4v) is 1.93. The Kier molecular flexibility index (Phi) is 3.99. The van der Waals surface area contributed by atoms with Gasteiger partial charge in [-0.05, 0) is 31.5 Å². The topological polar surface area (TPSA) is 41.6 Å². The molecule has 1 aliphatic rings. The van der Waals surface area contributed by atoms with Gasteiger partial charge in [0.25, 0.3) is 0 Å². The minimum Gasteiger partial charge on any atom is -0.442 e. The van der Waals surface area contributed by atoms with E-state index in [2.05, 4.69) is 5.32 Å². The average molecular weight is 282 g/mol. The van der Waals surface area contributed by atoms with Crippen LogP contribution in [0.15, 0.2) is 18.2 Å². The van der Waals surface area contributed by atoms with Gasteiger partial charge in [-0.1, -0.05) is 18.3 Å². The van der Waals surface area contributed by atoms with Crippen LogP contribution in [0.25, 0.3) is 0 Å². The molecule has 1 aromatic rings. The van der Waals surface area contributed by atoms with Crippen molar-refractivity contribution in [2.75, 3.05) is 18.0 Å². The van der Waals surface area contributed by atoms with Gasteiger partial charge in [0, 0.05) is 0 Å². The van der Waals surface area contributed by atoms with Crippen molar-refractivity contribution < 1.29 is 13.9 Å². The first-order valence-electron chi connectivity index (χ1n) is 5.96. The molecule has 102 valence electrons. The normalized spacial score (nSPS) is 18.4. The number of aryl methyl sites for hydroxylation is 1. The van der Waals surface area contributed by atoms with Gasteiger partial charge in [-0.2, -0.15) is 0 Å². The molecule has 4 nitrogen and oxygen atoms in total. The van der Waals surface area contributed by atoms with Crippen molar-refractivity contribution in [3.05, 3.63) is 29.6 Å². The molecular weight excluding hydrogens is 267 g/mol. The summed E-state index contributed by atoms with van der Waals surface area (Å²) in [5, 5.41) is 2.95. The van der Waals surface area contributed by atoms with E-state index < -0.39 is 6.09 Å². The van der Waals surface area contributed by atoms with E-state index in [9.17, 15) is 9.18 Å². The second kappa shape index (κ2) is 5.52. The first-order valence-corrected chi connectivity index (χ1v) is 6.37. The summed E-state index contributed by atoms with van der Waals surface area (Å²) in [6.45, 7) is 4.29. The third-order valence-electron chi connectivity index (χ3n) is 2.92. The lowest BCUT2D eigenvalue weighted by molar-refractivity contribution is 0.143. The molecule has 1 amide bonds. The van der Waals surface area contributed by atoms with Crippen molar-refractivity contribution in [3.8, 4) is 0 Å². The summed E-state index contributed by atoms with van der Waals surface area (Å²) < 4.78 is 18.7. The summed E-state index contributed by atoms with van der Waals surface area (Å²) in [5.74, 6) is -0.332. The molecule has 1 atom stereocenters. The number of halogens is 1. The monoisotopic (exact) mass is 282 g/mol. The smallest absolute Gasteiger partial charge is 0.414 e. The maximum atomic E-state index is 13.5. The van der Waals surface area contributed by atoms with Crippen molar-refractivity contribution in [2.45, 2.75) is 20.0 Å². The predicted molar refractivity (Wildman–Crippen MR) is 75.0 cm³/mol. The number of rotatable bonds is 3. The minimum absolute atomic E-state index is 0.283. The zero-order valence-electron chi connectivity index (χ0n) is 10.8. The highest BCUT2D eigenvalue weighted by molar-refractivity contribution is 7.80. The van der Waals surface area contributed by atoms with Gasteiger partial charge in [-0.3, -0.25) is 4.90 Å². The molecule has 1 aromatic carbocycles. The van der Waals surface area contributed by atoms with E-state index in [0.29, 0.717) is 29.3 Å². The lowest BCUT2D eigenvalue weighted by Gasteiger charge is -2.13. The summed E-state index contributed by atoms with van der Waals surface area (Å²) in [5.41, 5.74) is 1.06. The van der Waals surface area contributed by atoms with Crippen molar-refractivity contribution in [2.24, 2.45) is 0 Å². The Morgan fingerprint density at radius 2 is 2.37 bits per heavy atom. The van der Waals surface area contributed by atoms with Gasteiger partial charge >= 0.3 is 6.09 Å². The molecule has 0 aromatic heterocycles. The van der Waals surface area contributed by atoms with Gasteiger partial charge < -0.3 is 10.1 Å². The van der Waals surface area contributed by atoms with Crippen LogP contribution >= 0.6 is 12.2 Å². The van der Waals surface area contributed by atoms with Crippen molar-refractivity contribution in [1.82, 2.24) is 5.32 Å². The van der Waals surface area contributed by atoms with E-state index in [4.69, 9.17) is 17.0 Å². The number of carbonyl (C=O) groups excluding carboxylic acids is 1. The third kappa shape index (κ3) is 3.20. The highest BCUT2D eigenvalue weighted by Crippen LogP contribution is 2.23. The number of cyclic esters (lactones) is 1. The van der Waals surface area contributed by atoms with Crippen LogP contribution < -0.4 is 10.2 Å². The molecule has 0 spiro atoms. The Hall–Kier alpha value is -1.69. The number of benzene rings is 1. The fraction of sp³-hybridized carbons (Fsp3) is 0.385. The van der Waals surface area contributed by atoms with Gasteiger partial charge in [-0.15, -0.1) is 0 Å². The molecule has 0 saturated carbocycles. The van der Waals surface area contributed by atoms with Crippen LogP contribution in [0.1, 0.15) is 12.5 Å². The number of ether oxygens (including phenoxy) is 1. The van der Waals surface area contributed by atoms with Crippen molar-refractivity contribution in [1.29, 1.82) is 0 Å². The maximum Gasteiger partial charge on any atom is 0.414 e. The zero-order chi connectivity index (χ0) is 14.0. The summed E-state index contributed by atoms with van der Waals surface area (Å²) in [7, 11) is 0. The highest BCUT2D eigenvalue weighted by atomic mass is 32.1. The van der Waals surface area contributed by atoms with Crippen LogP contribution in [0.4, 0.5) is 14.9 Å². The zero-order valence-corrected chi connectivity index (χ0v) is 11.6. The number of carbonyl (C=O) groups is 1. The standard InChI is InChI=1S/C13H15FN2O2S/c1-8-3-4-10(5-12(8)14)16-7-11(18-13(16)17)6-15-9(2)19/h3-5,11H,6-7H2,1-2H3,(H,15,19). The van der Waals surface area contributed by atoms with E-state index in [-0.39, 0.29) is 11.9 Å². The summed E-state index contributed by atoms with van der Waals surface area (Å²) >= 11 is 4.90. The highest BCUT2D eigenvalue weighted by Gasteiger charge is 2.32. The van der Waals surface area contributed by atoms with Crippen LogP contribution in [-0.2, 0) is 4.74 Å². The minimum atomic E-state index is -0.461. The number of anilines is 1. The Morgan fingerprint density at radius 1 is 1.63 bits per heavy atom. The fourth-order valence-electron chi connectivity index (χ4n) is 1.85. The van der Waals surface area contributed by atoms with E-state index in [1.807, 2.05) is 0 Å². The lowest BCUT2D eigenvalue weighted by Crippen LogP contribution is -2.32. The molecule has 1 heterocycles. The van der Waals surface area contributed by atoms with Crippen LogP contribution in [0.2, 0.25) is 0 Å². The second-order valence-electron chi connectivity index (χ2n) is 4.49. The number of hydrogen-bond acceptors (Lipinski definition) is 3. The summed E-state index contributed by atoms with van der Waals surface area (Å²) in [6, 6.07) is 4.70. The van der Waals surface area contributed by atoms with E-state index in [0.717, 1.165) is 0 Å². The Balaban J connectivity index is 2.07. The molecule has 2 rings (SSSR count). The Bertz CT molecular complexity index is 521. The van der Waals surface area contributed by atoms with E-state index >= 15 is 0 Å². The number of nitrogens with one attached hydrogen (secondary N) is 1. The molecule has 1 fully saturated rings. The quantitative estimate of drug-likeness (QED) is 0.864. The van der Waals surface area contributed by atoms with Crippen LogP contribution in [0.3, 0.4) is 0 Å². The van der Waals surface area contributed by atoms with Gasteiger partial charge in [0.2, 0.25) is 0 Å². The van der Waals surface area contributed by atoms with Crippen LogP contribution in [-0.4, -0.2) is 30.3 Å². The van der Waals surface area contributed by atoms with Crippen LogP contribution in [0.5, 0.6) is 0 Å². The largest absolute Gasteiger partial charge is 0.442 e. The Labute approximate surface area is 116 Å². The third-order valence-corrected chi connectivity index (χ3v) is 3.06. The second-order valence-corrected chi connectivity index (χ2v) is 5.10. The Morgan fingerprint density at radius 3 is 3.00 bits per heavy atom. The van der Waals surface area contributed by atoms with E-state index in [1.54, 1.807) is 26.0 Å². The SMILES string of the molecule is CC(=S)NCC1CN(c2ccc(C)c(F)c2)C(=O)O1. The lowest BCUT2D eigenvalue weighted by atomic mass is 10.2. The molecule has 1 saturated heterocycles. The number of hydrogen-bond donors (Lipinski definition) is 1. The molecule has 0 bridgehead atoms.